The molecule has 0 aromatic carbocycles. The minimum absolute atomic E-state index is 0.00574. The Balaban J connectivity index is 1.95. The van der Waals surface area contributed by atoms with E-state index in [4.69, 9.17) is 9.47 Å². The van der Waals surface area contributed by atoms with Crippen LogP contribution < -0.4 is 5.32 Å². The topological polar surface area (TPSA) is 80.2 Å². The van der Waals surface area contributed by atoms with Crippen LogP contribution in [0.1, 0.15) is 47.5 Å². The second kappa shape index (κ2) is 7.74. The molecule has 7 nitrogen and oxygen atoms in total. The van der Waals surface area contributed by atoms with Gasteiger partial charge < -0.3 is 14.8 Å². The lowest BCUT2D eigenvalue weighted by atomic mass is 10.1. The SMILES string of the molecule is CCN(C(=O)OC(C)(C)C)C1=N[C@@H]2CC[C@H](CNC(C)=O)O[C@@H]2S1. The highest BCUT2D eigenvalue weighted by Gasteiger charge is 2.40. The molecular weight excluding hydrogens is 330 g/mol. The first-order valence-corrected chi connectivity index (χ1v) is 9.22. The van der Waals surface area contributed by atoms with E-state index in [1.807, 2.05) is 27.7 Å². The van der Waals surface area contributed by atoms with Crippen molar-refractivity contribution in [3.8, 4) is 0 Å². The second-order valence-corrected chi connectivity index (χ2v) is 8.03. The third-order valence-corrected chi connectivity index (χ3v) is 4.86. The lowest BCUT2D eigenvalue weighted by Crippen LogP contribution is -2.40. The predicted molar refractivity (Wildman–Crippen MR) is 94.0 cm³/mol. The van der Waals surface area contributed by atoms with Gasteiger partial charge in [-0.25, -0.2) is 4.79 Å². The Morgan fingerprint density at radius 1 is 1.42 bits per heavy atom. The van der Waals surface area contributed by atoms with E-state index in [0.717, 1.165) is 12.8 Å². The van der Waals surface area contributed by atoms with Crippen molar-refractivity contribution >= 4 is 28.9 Å². The minimum atomic E-state index is -0.541. The van der Waals surface area contributed by atoms with Gasteiger partial charge in [-0.2, -0.15) is 0 Å². The maximum atomic E-state index is 12.3. The molecule has 0 aromatic rings. The number of fused-ring (bicyclic) bond motifs is 1. The quantitative estimate of drug-likeness (QED) is 0.839. The number of hydrogen-bond acceptors (Lipinski definition) is 6. The molecule has 0 saturated carbocycles. The van der Waals surface area contributed by atoms with E-state index in [2.05, 4.69) is 10.3 Å². The van der Waals surface area contributed by atoms with Gasteiger partial charge in [0.15, 0.2) is 5.17 Å². The van der Waals surface area contributed by atoms with E-state index in [9.17, 15) is 9.59 Å². The molecule has 0 bridgehead atoms. The monoisotopic (exact) mass is 357 g/mol. The molecule has 24 heavy (non-hydrogen) atoms. The second-order valence-electron chi connectivity index (χ2n) is 6.96. The van der Waals surface area contributed by atoms with Crippen LogP contribution in [0.2, 0.25) is 0 Å². The molecule has 1 fully saturated rings. The molecule has 0 spiro atoms. The van der Waals surface area contributed by atoms with Crippen molar-refractivity contribution in [3.05, 3.63) is 0 Å². The zero-order valence-corrected chi connectivity index (χ0v) is 15.8. The summed E-state index contributed by atoms with van der Waals surface area (Å²) in [6.07, 6.45) is 1.34. The van der Waals surface area contributed by atoms with Crippen molar-refractivity contribution in [1.82, 2.24) is 10.2 Å². The van der Waals surface area contributed by atoms with Crippen molar-refractivity contribution in [2.75, 3.05) is 13.1 Å². The van der Waals surface area contributed by atoms with Gasteiger partial charge >= 0.3 is 6.09 Å². The lowest BCUT2D eigenvalue weighted by Gasteiger charge is -2.30. The smallest absolute Gasteiger partial charge is 0.416 e. The third kappa shape index (κ3) is 5.11. The van der Waals surface area contributed by atoms with Crippen LogP contribution in [0, 0.1) is 0 Å². The molecule has 2 aliphatic heterocycles. The average molecular weight is 357 g/mol. The summed E-state index contributed by atoms with van der Waals surface area (Å²) in [6, 6.07) is 0.0510. The lowest BCUT2D eigenvalue weighted by molar-refractivity contribution is -0.120. The van der Waals surface area contributed by atoms with Gasteiger partial charge in [0.2, 0.25) is 5.91 Å². The van der Waals surface area contributed by atoms with Crippen molar-refractivity contribution in [1.29, 1.82) is 0 Å². The molecule has 136 valence electrons. The van der Waals surface area contributed by atoms with Crippen molar-refractivity contribution in [2.24, 2.45) is 4.99 Å². The molecule has 0 radical (unpaired) electrons. The molecule has 2 heterocycles. The molecular formula is C16H27N3O4S. The average Bonchev–Trinajstić information content (AvgIpc) is 2.86. The molecule has 3 atom stereocenters. The number of hydrogen-bond donors (Lipinski definition) is 1. The van der Waals surface area contributed by atoms with E-state index >= 15 is 0 Å². The standard InChI is InChI=1S/C16H27N3O4S/c1-6-19(15(21)23-16(3,4)5)14-18-12-8-7-11(9-17-10(2)20)22-13(12)24-14/h11-13H,6-9H2,1-5H3,(H,17,20)/t11-,12-,13-/m1/s1. The van der Waals surface area contributed by atoms with Crippen molar-refractivity contribution < 1.29 is 19.1 Å². The highest BCUT2D eigenvalue weighted by atomic mass is 32.2. The first-order valence-electron chi connectivity index (χ1n) is 8.34. The van der Waals surface area contributed by atoms with Gasteiger partial charge in [-0.15, -0.1) is 0 Å². The van der Waals surface area contributed by atoms with Gasteiger partial charge in [-0.1, -0.05) is 11.8 Å². The van der Waals surface area contributed by atoms with Crippen molar-refractivity contribution in [2.45, 2.75) is 70.6 Å². The van der Waals surface area contributed by atoms with Crippen LogP contribution in [-0.2, 0) is 14.3 Å². The van der Waals surface area contributed by atoms with Crippen LogP contribution in [0.15, 0.2) is 4.99 Å². The highest BCUT2D eigenvalue weighted by Crippen LogP contribution is 2.37. The molecule has 2 rings (SSSR count). The van der Waals surface area contributed by atoms with E-state index in [1.54, 1.807) is 4.90 Å². The molecule has 0 unspecified atom stereocenters. The Labute approximate surface area is 147 Å². The van der Waals surface area contributed by atoms with Gasteiger partial charge in [-0.3, -0.25) is 14.7 Å². The molecule has 2 amide bonds. The Morgan fingerprint density at radius 2 is 2.12 bits per heavy atom. The number of nitrogens with zero attached hydrogens (tertiary/aromatic N) is 2. The number of nitrogens with one attached hydrogen (secondary N) is 1. The van der Waals surface area contributed by atoms with Crippen LogP contribution in [0.25, 0.3) is 0 Å². The van der Waals surface area contributed by atoms with Gasteiger partial charge in [0.25, 0.3) is 0 Å². The number of carbonyl (C=O) groups is 2. The number of ether oxygens (including phenoxy) is 2. The summed E-state index contributed by atoms with van der Waals surface area (Å²) in [5.74, 6) is -0.0566. The number of thioether (sulfide) groups is 1. The first-order chi connectivity index (χ1) is 11.2. The number of amides is 2. The Morgan fingerprint density at radius 3 is 2.71 bits per heavy atom. The van der Waals surface area contributed by atoms with Crippen molar-refractivity contribution in [3.63, 3.8) is 0 Å². The molecule has 0 aliphatic carbocycles. The van der Waals surface area contributed by atoms with E-state index in [-0.39, 0.29) is 29.6 Å². The van der Waals surface area contributed by atoms with E-state index in [1.165, 1.54) is 18.7 Å². The van der Waals surface area contributed by atoms with Gasteiger partial charge in [0.05, 0.1) is 12.1 Å². The van der Waals surface area contributed by atoms with E-state index < -0.39 is 5.60 Å². The predicted octanol–water partition coefficient (Wildman–Crippen LogP) is 2.36. The zero-order chi connectivity index (χ0) is 17.9. The summed E-state index contributed by atoms with van der Waals surface area (Å²) in [5, 5.41) is 3.44. The Kier molecular flexibility index (Phi) is 6.14. The zero-order valence-electron chi connectivity index (χ0n) is 15.0. The van der Waals surface area contributed by atoms with Gasteiger partial charge in [0, 0.05) is 20.0 Å². The number of amidine groups is 1. The summed E-state index contributed by atoms with van der Waals surface area (Å²) < 4.78 is 11.5. The highest BCUT2D eigenvalue weighted by molar-refractivity contribution is 8.14. The van der Waals surface area contributed by atoms with Crippen LogP contribution in [0.4, 0.5) is 4.79 Å². The summed E-state index contributed by atoms with van der Waals surface area (Å²) in [4.78, 5) is 29.6. The maximum Gasteiger partial charge on any atom is 0.416 e. The summed E-state index contributed by atoms with van der Waals surface area (Å²) in [5.41, 5.74) is -0.648. The minimum Gasteiger partial charge on any atom is -0.443 e. The van der Waals surface area contributed by atoms with Crippen LogP contribution in [0.3, 0.4) is 0 Å². The van der Waals surface area contributed by atoms with Gasteiger partial charge in [0.1, 0.15) is 11.0 Å². The fraction of sp³-hybridized carbons (Fsp3) is 0.812. The summed E-state index contributed by atoms with van der Waals surface area (Å²) in [7, 11) is 0. The normalized spacial score (nSPS) is 26.4. The van der Waals surface area contributed by atoms with Crippen LogP contribution >= 0.6 is 11.8 Å². The molecule has 1 saturated heterocycles. The largest absolute Gasteiger partial charge is 0.443 e. The van der Waals surface area contributed by atoms with Crippen LogP contribution in [0.5, 0.6) is 0 Å². The maximum absolute atomic E-state index is 12.3. The van der Waals surface area contributed by atoms with Crippen LogP contribution in [-0.4, -0.2) is 58.3 Å². The fourth-order valence-electron chi connectivity index (χ4n) is 2.55. The molecule has 8 heteroatoms. The van der Waals surface area contributed by atoms with Gasteiger partial charge in [-0.05, 0) is 40.5 Å². The summed E-state index contributed by atoms with van der Waals surface area (Å²) >= 11 is 1.46. The first kappa shape index (κ1) is 19.1. The fourth-order valence-corrected chi connectivity index (χ4v) is 3.85. The Hall–Kier alpha value is -1.28. The molecule has 2 aliphatic rings. The Bertz CT molecular complexity index is 518. The number of carbonyl (C=O) groups excluding carboxylic acids is 2. The number of aliphatic imine (C=N–C) groups is 1. The number of rotatable bonds is 3. The van der Waals surface area contributed by atoms with E-state index in [0.29, 0.717) is 18.3 Å². The molecule has 1 N–H and O–H groups in total. The molecule has 0 aromatic heterocycles. The third-order valence-electron chi connectivity index (χ3n) is 3.66. The summed E-state index contributed by atoms with van der Waals surface area (Å²) in [6.45, 7) is 9.94.